The molecule has 0 bridgehead atoms. The molecule has 4 nitrogen and oxygen atoms in total. The predicted octanol–water partition coefficient (Wildman–Crippen LogP) is 1.27. The monoisotopic (exact) mass is 221 g/mol. The minimum absolute atomic E-state index is 0.194. The number of halogens is 1. The molecule has 84 valence electrons. The molecule has 0 fully saturated rings. The summed E-state index contributed by atoms with van der Waals surface area (Å²) < 4.78 is 13.4. The Labute approximate surface area is 92.5 Å². The van der Waals surface area contributed by atoms with E-state index in [2.05, 4.69) is 5.10 Å². The Morgan fingerprint density at radius 1 is 1.44 bits per heavy atom. The SMILES string of the molecule is NCCC1=NN(c2ccccc2F)C(=O)C1. The van der Waals surface area contributed by atoms with Crippen molar-refractivity contribution in [3.05, 3.63) is 30.1 Å². The maximum Gasteiger partial charge on any atom is 0.253 e. The number of hydrogen-bond acceptors (Lipinski definition) is 3. The number of hydrazone groups is 1. The van der Waals surface area contributed by atoms with Crippen molar-refractivity contribution in [2.24, 2.45) is 10.8 Å². The molecule has 0 saturated heterocycles. The molecule has 0 saturated carbocycles. The van der Waals surface area contributed by atoms with Crippen molar-refractivity contribution in [1.29, 1.82) is 0 Å². The van der Waals surface area contributed by atoms with Gasteiger partial charge in [0.05, 0.1) is 6.42 Å². The lowest BCUT2D eigenvalue weighted by Crippen LogP contribution is -2.20. The molecule has 1 aromatic rings. The molecule has 2 rings (SSSR count). The lowest BCUT2D eigenvalue weighted by Gasteiger charge is -2.11. The molecule has 0 spiro atoms. The van der Waals surface area contributed by atoms with Crippen LogP contribution >= 0.6 is 0 Å². The molecule has 16 heavy (non-hydrogen) atoms. The highest BCUT2D eigenvalue weighted by Crippen LogP contribution is 2.23. The second-order valence-corrected chi connectivity index (χ2v) is 3.54. The largest absolute Gasteiger partial charge is 0.330 e. The van der Waals surface area contributed by atoms with Crippen molar-refractivity contribution in [2.45, 2.75) is 12.8 Å². The summed E-state index contributed by atoms with van der Waals surface area (Å²) in [6, 6.07) is 6.08. The summed E-state index contributed by atoms with van der Waals surface area (Å²) in [5.74, 6) is -0.665. The van der Waals surface area contributed by atoms with E-state index in [1.807, 2.05) is 0 Å². The Bertz CT molecular complexity index is 445. The molecule has 1 aliphatic heterocycles. The first-order valence-corrected chi connectivity index (χ1v) is 5.06. The van der Waals surface area contributed by atoms with Gasteiger partial charge in [0, 0.05) is 12.1 Å². The number of hydrogen-bond donors (Lipinski definition) is 1. The highest BCUT2D eigenvalue weighted by Gasteiger charge is 2.26. The molecule has 0 aliphatic carbocycles. The van der Waals surface area contributed by atoms with E-state index in [1.54, 1.807) is 12.1 Å². The predicted molar refractivity (Wildman–Crippen MR) is 59.6 cm³/mol. The molecule has 1 aromatic carbocycles. The molecule has 0 aromatic heterocycles. The highest BCUT2D eigenvalue weighted by atomic mass is 19.1. The first-order chi connectivity index (χ1) is 7.72. The lowest BCUT2D eigenvalue weighted by molar-refractivity contribution is -0.116. The summed E-state index contributed by atoms with van der Waals surface area (Å²) >= 11 is 0. The number of carbonyl (C=O) groups is 1. The van der Waals surface area contributed by atoms with Crippen LogP contribution in [0.3, 0.4) is 0 Å². The van der Waals surface area contributed by atoms with Crippen LogP contribution in [-0.2, 0) is 4.79 Å². The molecular formula is C11H12FN3O. The van der Waals surface area contributed by atoms with Crippen LogP contribution in [-0.4, -0.2) is 18.2 Å². The van der Waals surface area contributed by atoms with Crippen LogP contribution in [0, 0.1) is 5.82 Å². The fraction of sp³-hybridized carbons (Fsp3) is 0.273. The number of rotatable bonds is 3. The fourth-order valence-electron chi connectivity index (χ4n) is 1.60. The molecule has 0 unspecified atom stereocenters. The lowest BCUT2D eigenvalue weighted by atomic mass is 10.2. The molecule has 1 amide bonds. The number of carbonyl (C=O) groups excluding carboxylic acids is 1. The standard InChI is InChI=1S/C11H12FN3O/c12-9-3-1-2-4-10(9)15-11(16)7-8(14-15)5-6-13/h1-4H,5-7,13H2. The van der Waals surface area contributed by atoms with Gasteiger partial charge in [0.15, 0.2) is 0 Å². The average molecular weight is 221 g/mol. The second kappa shape index (κ2) is 4.40. The van der Waals surface area contributed by atoms with Crippen molar-refractivity contribution in [3.63, 3.8) is 0 Å². The summed E-state index contributed by atoms with van der Waals surface area (Å²) in [6.45, 7) is 0.442. The highest BCUT2D eigenvalue weighted by molar-refractivity contribution is 6.13. The van der Waals surface area contributed by atoms with E-state index in [-0.39, 0.29) is 18.0 Å². The molecule has 2 N–H and O–H groups in total. The van der Waals surface area contributed by atoms with E-state index in [0.717, 1.165) is 5.01 Å². The zero-order valence-electron chi connectivity index (χ0n) is 8.69. The number of benzene rings is 1. The molecule has 1 heterocycles. The van der Waals surface area contributed by atoms with E-state index < -0.39 is 5.82 Å². The maximum atomic E-state index is 13.4. The maximum absolute atomic E-state index is 13.4. The zero-order valence-corrected chi connectivity index (χ0v) is 8.69. The van der Waals surface area contributed by atoms with Gasteiger partial charge in [-0.25, -0.2) is 4.39 Å². The van der Waals surface area contributed by atoms with Gasteiger partial charge in [0.1, 0.15) is 11.5 Å². The zero-order chi connectivity index (χ0) is 11.5. The van der Waals surface area contributed by atoms with Crippen molar-refractivity contribution in [1.82, 2.24) is 0 Å². The van der Waals surface area contributed by atoms with Gasteiger partial charge in [0.2, 0.25) is 0 Å². The van der Waals surface area contributed by atoms with Crippen LogP contribution in [0.1, 0.15) is 12.8 Å². The third kappa shape index (κ3) is 1.94. The Morgan fingerprint density at radius 2 is 2.19 bits per heavy atom. The summed E-state index contributed by atoms with van der Waals surface area (Å²) in [7, 11) is 0. The van der Waals surface area contributed by atoms with E-state index >= 15 is 0 Å². The smallest absolute Gasteiger partial charge is 0.253 e. The first-order valence-electron chi connectivity index (χ1n) is 5.06. The average Bonchev–Trinajstić information content (AvgIpc) is 2.61. The van der Waals surface area contributed by atoms with E-state index in [1.165, 1.54) is 12.1 Å². The topological polar surface area (TPSA) is 58.7 Å². The Morgan fingerprint density at radius 3 is 2.88 bits per heavy atom. The quantitative estimate of drug-likeness (QED) is 0.835. The first kappa shape index (κ1) is 10.8. The van der Waals surface area contributed by atoms with Gasteiger partial charge in [0.25, 0.3) is 5.91 Å². The molecule has 1 aliphatic rings. The van der Waals surface area contributed by atoms with E-state index in [9.17, 15) is 9.18 Å². The van der Waals surface area contributed by atoms with E-state index in [4.69, 9.17) is 5.73 Å². The minimum Gasteiger partial charge on any atom is -0.330 e. The third-order valence-corrected chi connectivity index (χ3v) is 2.35. The van der Waals surface area contributed by atoms with Gasteiger partial charge in [-0.05, 0) is 18.7 Å². The van der Waals surface area contributed by atoms with Crippen LogP contribution in [0.15, 0.2) is 29.4 Å². The number of anilines is 1. The molecule has 0 atom stereocenters. The van der Waals surface area contributed by atoms with Gasteiger partial charge in [-0.2, -0.15) is 10.1 Å². The van der Waals surface area contributed by atoms with Crippen molar-refractivity contribution < 1.29 is 9.18 Å². The fourth-order valence-corrected chi connectivity index (χ4v) is 1.60. The van der Waals surface area contributed by atoms with Crippen LogP contribution in [0.4, 0.5) is 10.1 Å². The van der Waals surface area contributed by atoms with Crippen LogP contribution in [0.25, 0.3) is 0 Å². The van der Waals surface area contributed by atoms with Crippen molar-refractivity contribution in [3.8, 4) is 0 Å². The van der Waals surface area contributed by atoms with Gasteiger partial charge < -0.3 is 5.73 Å². The van der Waals surface area contributed by atoms with E-state index in [0.29, 0.717) is 18.7 Å². The van der Waals surface area contributed by atoms with Gasteiger partial charge >= 0.3 is 0 Å². The number of amides is 1. The van der Waals surface area contributed by atoms with Crippen LogP contribution in [0.2, 0.25) is 0 Å². The minimum atomic E-state index is -0.450. The molecule has 0 radical (unpaired) electrons. The number of nitrogens with zero attached hydrogens (tertiary/aromatic N) is 2. The van der Waals surface area contributed by atoms with Gasteiger partial charge in [-0.3, -0.25) is 4.79 Å². The van der Waals surface area contributed by atoms with Crippen LogP contribution in [0.5, 0.6) is 0 Å². The van der Waals surface area contributed by atoms with Crippen molar-refractivity contribution >= 4 is 17.3 Å². The summed E-state index contributed by atoms with van der Waals surface area (Å²) in [5.41, 5.74) is 6.28. The van der Waals surface area contributed by atoms with Gasteiger partial charge in [-0.1, -0.05) is 12.1 Å². The second-order valence-electron chi connectivity index (χ2n) is 3.54. The Hall–Kier alpha value is -1.75. The number of para-hydroxylation sites is 1. The Balaban J connectivity index is 2.28. The summed E-state index contributed by atoms with van der Waals surface area (Å²) in [4.78, 5) is 11.6. The summed E-state index contributed by atoms with van der Waals surface area (Å²) in [6.07, 6.45) is 0.794. The normalized spacial score (nSPS) is 15.5. The third-order valence-electron chi connectivity index (χ3n) is 2.35. The number of nitrogens with two attached hydrogens (primary N) is 1. The van der Waals surface area contributed by atoms with Gasteiger partial charge in [-0.15, -0.1) is 0 Å². The molecular weight excluding hydrogens is 209 g/mol. The molecule has 5 heteroatoms. The van der Waals surface area contributed by atoms with Crippen molar-refractivity contribution in [2.75, 3.05) is 11.6 Å². The summed E-state index contributed by atoms with van der Waals surface area (Å²) in [5, 5.41) is 5.18. The Kier molecular flexibility index (Phi) is 2.96. The van der Waals surface area contributed by atoms with Crippen LogP contribution < -0.4 is 10.7 Å².